The van der Waals surface area contributed by atoms with Gasteiger partial charge in [-0.05, 0) is 77.3 Å². The summed E-state index contributed by atoms with van der Waals surface area (Å²) in [5.74, 6) is -4.95. The molecule has 250 valence electrons. The maximum Gasteiger partial charge on any atom is 0.326 e. The van der Waals surface area contributed by atoms with Crippen LogP contribution in [0.5, 0.6) is 0 Å². The lowest BCUT2D eigenvalue weighted by molar-refractivity contribution is -0.145. The van der Waals surface area contributed by atoms with E-state index in [2.05, 4.69) is 21.3 Å². The first-order valence-corrected chi connectivity index (χ1v) is 16.0. The summed E-state index contributed by atoms with van der Waals surface area (Å²) in [7, 11) is 0. The van der Waals surface area contributed by atoms with E-state index in [9.17, 15) is 38.7 Å². The maximum atomic E-state index is 13.3. The fraction of sp³-hybridized carbons (Fsp3) is 0.741. The highest BCUT2D eigenvalue weighted by atomic mass is 32.2. The fourth-order valence-corrected chi connectivity index (χ4v) is 5.01. The molecule has 0 aromatic heterocycles. The molecule has 0 radical (unpaired) electrons. The zero-order chi connectivity index (χ0) is 33.4. The zero-order valence-electron chi connectivity index (χ0n) is 25.5. The molecule has 0 saturated carbocycles. The third-order valence-corrected chi connectivity index (χ3v) is 7.77. The van der Waals surface area contributed by atoms with Crippen LogP contribution in [0.25, 0.3) is 0 Å². The van der Waals surface area contributed by atoms with Crippen LogP contribution in [-0.2, 0) is 33.6 Å². The first-order chi connectivity index (χ1) is 20.7. The van der Waals surface area contributed by atoms with Crippen LogP contribution in [0.4, 0.5) is 0 Å². The van der Waals surface area contributed by atoms with E-state index in [1.54, 1.807) is 0 Å². The Hall–Kier alpha value is -3.44. The lowest BCUT2D eigenvalue weighted by atomic mass is 10.1. The van der Waals surface area contributed by atoms with Gasteiger partial charge in [0.2, 0.25) is 29.5 Å². The Kier molecular flexibility index (Phi) is 17.3. The van der Waals surface area contributed by atoms with Gasteiger partial charge in [0.25, 0.3) is 0 Å². The topological polar surface area (TPSA) is 263 Å². The monoisotopic (exact) mass is 645 g/mol. The third-order valence-electron chi connectivity index (χ3n) is 7.13. The first kappa shape index (κ1) is 38.6. The second-order valence-corrected chi connectivity index (χ2v) is 11.7. The standard InChI is InChI=1S/C27H47N7O9S/c1-15(30-23(38)17(29)9-10-21(35)36)22(37)32-18(11-14-44-3)24(39)31-16(2)26(41)34-13-6-8-20(34)25(40)33-19(27(42)43)7-4-5-12-28/h15-20H,4-14,28-29H2,1-3H3,(H,30,38)(H,31,39)(H,32,37)(H,33,40)(H,35,36)(H,42,43)/t15-,16-,17-,18-,19-,20-/m0/s1. The quantitative estimate of drug-likeness (QED) is 0.0676. The second kappa shape index (κ2) is 19.8. The van der Waals surface area contributed by atoms with E-state index in [0.29, 0.717) is 38.0 Å². The Morgan fingerprint density at radius 1 is 0.864 bits per heavy atom. The number of likely N-dealkylation sites (tertiary alicyclic amines) is 1. The number of aliphatic carboxylic acids is 2. The molecule has 1 aliphatic heterocycles. The van der Waals surface area contributed by atoms with Gasteiger partial charge in [-0.1, -0.05) is 0 Å². The molecule has 16 nitrogen and oxygen atoms in total. The molecule has 10 N–H and O–H groups in total. The molecule has 0 spiro atoms. The minimum Gasteiger partial charge on any atom is -0.481 e. The Morgan fingerprint density at radius 2 is 1.52 bits per heavy atom. The predicted molar refractivity (Wildman–Crippen MR) is 162 cm³/mol. The molecule has 1 rings (SSSR count). The molecule has 0 unspecified atom stereocenters. The van der Waals surface area contributed by atoms with Crippen LogP contribution in [0, 0.1) is 0 Å². The van der Waals surface area contributed by atoms with E-state index in [4.69, 9.17) is 16.6 Å². The molecule has 0 aromatic carbocycles. The number of unbranched alkanes of at least 4 members (excludes halogenated alkanes) is 1. The van der Waals surface area contributed by atoms with Gasteiger partial charge in [0.05, 0.1) is 6.04 Å². The highest BCUT2D eigenvalue weighted by Crippen LogP contribution is 2.19. The van der Waals surface area contributed by atoms with Crippen LogP contribution in [-0.4, -0.2) is 118 Å². The van der Waals surface area contributed by atoms with Crippen molar-refractivity contribution in [1.82, 2.24) is 26.2 Å². The summed E-state index contributed by atoms with van der Waals surface area (Å²) in [6.07, 6.45) is 3.79. The number of nitrogens with two attached hydrogens (primary N) is 2. The summed E-state index contributed by atoms with van der Waals surface area (Å²) in [6, 6.07) is -6.34. The van der Waals surface area contributed by atoms with Gasteiger partial charge in [0.1, 0.15) is 30.2 Å². The number of carbonyl (C=O) groups is 7. The van der Waals surface area contributed by atoms with Crippen LogP contribution in [0.3, 0.4) is 0 Å². The van der Waals surface area contributed by atoms with Crippen LogP contribution >= 0.6 is 11.8 Å². The molecule has 1 saturated heterocycles. The average Bonchev–Trinajstić information content (AvgIpc) is 3.46. The molecule has 0 aliphatic carbocycles. The summed E-state index contributed by atoms with van der Waals surface area (Å²) in [6.45, 7) is 3.49. The highest BCUT2D eigenvalue weighted by Gasteiger charge is 2.38. The molecule has 44 heavy (non-hydrogen) atoms. The Balaban J connectivity index is 2.83. The molecule has 1 heterocycles. The minimum atomic E-state index is -1.18. The van der Waals surface area contributed by atoms with Crippen molar-refractivity contribution in [3.05, 3.63) is 0 Å². The number of carboxylic acids is 2. The van der Waals surface area contributed by atoms with Gasteiger partial charge in [0, 0.05) is 13.0 Å². The number of amides is 5. The molecule has 0 aromatic rings. The van der Waals surface area contributed by atoms with Crippen molar-refractivity contribution in [3.63, 3.8) is 0 Å². The summed E-state index contributed by atoms with van der Waals surface area (Å²) >= 11 is 1.43. The normalized spacial score (nSPS) is 17.8. The molecular formula is C27H47N7O9S. The number of hydrogen-bond acceptors (Lipinski definition) is 10. The lowest BCUT2D eigenvalue weighted by Crippen LogP contribution is -2.58. The minimum absolute atomic E-state index is 0.116. The van der Waals surface area contributed by atoms with Gasteiger partial charge in [-0.25, -0.2) is 4.79 Å². The molecule has 6 atom stereocenters. The van der Waals surface area contributed by atoms with Crippen molar-refractivity contribution in [2.75, 3.05) is 25.1 Å². The third kappa shape index (κ3) is 13.1. The van der Waals surface area contributed by atoms with Crippen molar-refractivity contribution in [1.29, 1.82) is 0 Å². The molecule has 17 heteroatoms. The van der Waals surface area contributed by atoms with E-state index in [1.807, 2.05) is 6.26 Å². The molecule has 1 fully saturated rings. The number of carbonyl (C=O) groups excluding carboxylic acids is 5. The average molecular weight is 646 g/mol. The highest BCUT2D eigenvalue weighted by molar-refractivity contribution is 7.98. The van der Waals surface area contributed by atoms with Crippen molar-refractivity contribution >= 4 is 53.2 Å². The van der Waals surface area contributed by atoms with E-state index in [-0.39, 0.29) is 32.2 Å². The van der Waals surface area contributed by atoms with Gasteiger partial charge in [-0.3, -0.25) is 28.8 Å². The molecule has 0 bridgehead atoms. The van der Waals surface area contributed by atoms with Crippen LogP contribution in [0.2, 0.25) is 0 Å². The Bertz CT molecular complexity index is 1030. The van der Waals surface area contributed by atoms with Crippen molar-refractivity contribution in [3.8, 4) is 0 Å². The Morgan fingerprint density at radius 3 is 2.11 bits per heavy atom. The van der Waals surface area contributed by atoms with E-state index >= 15 is 0 Å². The van der Waals surface area contributed by atoms with E-state index in [0.717, 1.165) is 0 Å². The summed E-state index contributed by atoms with van der Waals surface area (Å²) in [4.78, 5) is 88.1. The zero-order valence-corrected chi connectivity index (χ0v) is 26.3. The van der Waals surface area contributed by atoms with Gasteiger partial charge in [0.15, 0.2) is 0 Å². The van der Waals surface area contributed by atoms with E-state index < -0.39 is 77.7 Å². The summed E-state index contributed by atoms with van der Waals surface area (Å²) in [5.41, 5.74) is 11.2. The molecule has 1 aliphatic rings. The van der Waals surface area contributed by atoms with Crippen LogP contribution in [0.1, 0.15) is 65.2 Å². The molecular weight excluding hydrogens is 598 g/mol. The number of rotatable bonds is 20. The molecule has 5 amide bonds. The number of nitrogens with one attached hydrogen (secondary N) is 4. The lowest BCUT2D eigenvalue weighted by Gasteiger charge is -2.29. The largest absolute Gasteiger partial charge is 0.481 e. The summed E-state index contributed by atoms with van der Waals surface area (Å²) in [5, 5.41) is 28.3. The number of hydrogen-bond donors (Lipinski definition) is 8. The predicted octanol–water partition coefficient (Wildman–Crippen LogP) is -1.88. The van der Waals surface area contributed by atoms with Gasteiger partial charge in [-0.15, -0.1) is 0 Å². The van der Waals surface area contributed by atoms with Crippen molar-refractivity contribution < 1.29 is 43.8 Å². The SMILES string of the molecule is CSCC[C@H](NC(=O)[C@H](C)NC(=O)[C@@H](N)CCC(=O)O)C(=O)N[C@@H](C)C(=O)N1CCC[C@H]1C(=O)N[C@@H](CCCCN)C(=O)O. The second-order valence-electron chi connectivity index (χ2n) is 10.7. The summed E-state index contributed by atoms with van der Waals surface area (Å²) < 4.78 is 0. The smallest absolute Gasteiger partial charge is 0.326 e. The van der Waals surface area contributed by atoms with Gasteiger partial charge in [-0.2, -0.15) is 11.8 Å². The fourth-order valence-electron chi connectivity index (χ4n) is 4.54. The van der Waals surface area contributed by atoms with Crippen LogP contribution in [0.15, 0.2) is 0 Å². The van der Waals surface area contributed by atoms with Crippen molar-refractivity contribution in [2.45, 2.75) is 101 Å². The van der Waals surface area contributed by atoms with Crippen LogP contribution < -0.4 is 32.7 Å². The van der Waals surface area contributed by atoms with Crippen molar-refractivity contribution in [2.24, 2.45) is 11.5 Å². The first-order valence-electron chi connectivity index (χ1n) is 14.6. The number of thioether (sulfide) groups is 1. The van der Waals surface area contributed by atoms with Gasteiger partial charge >= 0.3 is 11.9 Å². The van der Waals surface area contributed by atoms with E-state index in [1.165, 1.54) is 30.5 Å². The van der Waals surface area contributed by atoms with Gasteiger partial charge < -0.3 is 47.8 Å². The number of nitrogens with zero attached hydrogens (tertiary/aromatic N) is 1. The number of carboxylic acid groups (broad SMARTS) is 2. The maximum absolute atomic E-state index is 13.3. The Labute approximate surface area is 261 Å².